The van der Waals surface area contributed by atoms with E-state index in [9.17, 15) is 9.18 Å². The van der Waals surface area contributed by atoms with Gasteiger partial charge in [0.25, 0.3) is 0 Å². The first-order chi connectivity index (χ1) is 12.6. The van der Waals surface area contributed by atoms with Crippen molar-refractivity contribution in [3.05, 3.63) is 30.1 Å². The number of piperidine rings is 1. The summed E-state index contributed by atoms with van der Waals surface area (Å²) in [6.45, 7) is 7.66. The zero-order chi connectivity index (χ0) is 18.6. The topological polar surface area (TPSA) is 53.6 Å². The van der Waals surface area contributed by atoms with E-state index < -0.39 is 0 Å². The Hall–Kier alpha value is -1.82. The number of rotatable bonds is 10. The lowest BCUT2D eigenvalue weighted by Crippen LogP contribution is -2.39. The molecule has 1 fully saturated rings. The lowest BCUT2D eigenvalue weighted by atomic mass is 9.99. The van der Waals surface area contributed by atoms with Crippen LogP contribution in [0.3, 0.4) is 0 Å². The number of halogens is 1. The average Bonchev–Trinajstić information content (AvgIpc) is 2.64. The fourth-order valence-corrected chi connectivity index (χ4v) is 3.00. The number of hydrogen-bond acceptors (Lipinski definition) is 3. The van der Waals surface area contributed by atoms with Crippen molar-refractivity contribution >= 4 is 6.03 Å². The van der Waals surface area contributed by atoms with Gasteiger partial charge in [0.05, 0.1) is 6.61 Å². The second kappa shape index (κ2) is 11.7. The molecule has 1 aromatic carbocycles. The molecular formula is C20H32FN3O2. The summed E-state index contributed by atoms with van der Waals surface area (Å²) in [7, 11) is 0. The highest BCUT2D eigenvalue weighted by atomic mass is 19.1. The average molecular weight is 365 g/mol. The molecule has 0 aliphatic carbocycles. The van der Waals surface area contributed by atoms with E-state index in [-0.39, 0.29) is 11.8 Å². The molecule has 1 saturated heterocycles. The molecule has 146 valence electrons. The number of nitrogens with one attached hydrogen (secondary N) is 2. The van der Waals surface area contributed by atoms with Gasteiger partial charge in [-0.2, -0.15) is 0 Å². The van der Waals surface area contributed by atoms with Crippen LogP contribution in [0, 0.1) is 11.7 Å². The fraction of sp³-hybridized carbons (Fsp3) is 0.650. The summed E-state index contributed by atoms with van der Waals surface area (Å²) in [6, 6.07) is 5.90. The van der Waals surface area contributed by atoms with Crippen molar-refractivity contribution in [2.45, 2.75) is 39.0 Å². The molecule has 26 heavy (non-hydrogen) atoms. The molecular weight excluding hydrogens is 333 g/mol. The molecule has 0 unspecified atom stereocenters. The van der Waals surface area contributed by atoms with E-state index in [2.05, 4.69) is 22.5 Å². The molecule has 0 atom stereocenters. The molecule has 0 bridgehead atoms. The smallest absolute Gasteiger partial charge is 0.314 e. The van der Waals surface area contributed by atoms with Gasteiger partial charge in [-0.25, -0.2) is 9.18 Å². The van der Waals surface area contributed by atoms with Crippen molar-refractivity contribution in [2.75, 3.05) is 39.3 Å². The van der Waals surface area contributed by atoms with Crippen LogP contribution < -0.4 is 15.4 Å². The highest BCUT2D eigenvalue weighted by molar-refractivity contribution is 5.73. The summed E-state index contributed by atoms with van der Waals surface area (Å²) in [5, 5.41) is 5.77. The van der Waals surface area contributed by atoms with Crippen LogP contribution in [-0.2, 0) is 0 Å². The lowest BCUT2D eigenvalue weighted by molar-refractivity contribution is 0.190. The van der Waals surface area contributed by atoms with E-state index in [1.54, 1.807) is 12.1 Å². The molecule has 6 heteroatoms. The standard InChI is InChI=1S/C20H32FN3O2/c1-17-9-14-24(15-10-17)13-4-12-23-20(25)22-11-2-3-16-26-19-7-5-18(21)6-8-19/h5-8,17H,2-4,9-16H2,1H3,(H2,22,23,25). The maximum absolute atomic E-state index is 12.8. The second-order valence-electron chi connectivity index (χ2n) is 7.07. The third-order valence-corrected chi connectivity index (χ3v) is 4.75. The van der Waals surface area contributed by atoms with E-state index in [0.29, 0.717) is 25.4 Å². The van der Waals surface area contributed by atoms with Crippen molar-refractivity contribution < 1.29 is 13.9 Å². The summed E-state index contributed by atoms with van der Waals surface area (Å²) in [5.74, 6) is 1.26. The Kier molecular flexibility index (Phi) is 9.24. The minimum atomic E-state index is -0.266. The van der Waals surface area contributed by atoms with E-state index in [1.807, 2.05) is 0 Å². The number of likely N-dealkylation sites (tertiary alicyclic amines) is 1. The minimum Gasteiger partial charge on any atom is -0.494 e. The number of carbonyl (C=O) groups is 1. The molecule has 0 aromatic heterocycles. The Morgan fingerprint density at radius 1 is 1.12 bits per heavy atom. The van der Waals surface area contributed by atoms with E-state index in [4.69, 9.17) is 4.74 Å². The van der Waals surface area contributed by atoms with Crippen LogP contribution in [0.1, 0.15) is 39.0 Å². The Morgan fingerprint density at radius 3 is 2.46 bits per heavy atom. The number of carbonyl (C=O) groups excluding carboxylic acids is 1. The van der Waals surface area contributed by atoms with Crippen LogP contribution in [0.25, 0.3) is 0 Å². The Bertz CT molecular complexity index is 516. The number of ether oxygens (including phenoxy) is 1. The number of unbranched alkanes of at least 4 members (excludes halogenated alkanes) is 1. The monoisotopic (exact) mass is 365 g/mol. The molecule has 0 radical (unpaired) electrons. The molecule has 2 N–H and O–H groups in total. The molecule has 0 spiro atoms. The first kappa shape index (κ1) is 20.5. The predicted octanol–water partition coefficient (Wildman–Crippen LogP) is 3.41. The van der Waals surface area contributed by atoms with Crippen molar-refractivity contribution in [2.24, 2.45) is 5.92 Å². The second-order valence-corrected chi connectivity index (χ2v) is 7.07. The van der Waals surface area contributed by atoms with Gasteiger partial charge in [-0.05, 0) is 81.9 Å². The van der Waals surface area contributed by atoms with Crippen LogP contribution in [0.15, 0.2) is 24.3 Å². The zero-order valence-corrected chi connectivity index (χ0v) is 15.8. The maximum Gasteiger partial charge on any atom is 0.314 e. The summed E-state index contributed by atoms with van der Waals surface area (Å²) in [6.07, 6.45) is 5.26. The fourth-order valence-electron chi connectivity index (χ4n) is 3.00. The van der Waals surface area contributed by atoms with Crippen molar-refractivity contribution in [1.82, 2.24) is 15.5 Å². The van der Waals surface area contributed by atoms with Gasteiger partial charge in [0, 0.05) is 13.1 Å². The van der Waals surface area contributed by atoms with E-state index >= 15 is 0 Å². The zero-order valence-electron chi connectivity index (χ0n) is 15.8. The molecule has 1 aliphatic rings. The predicted molar refractivity (Wildman–Crippen MR) is 102 cm³/mol. The lowest BCUT2D eigenvalue weighted by Gasteiger charge is -2.30. The minimum absolute atomic E-state index is 0.100. The third-order valence-electron chi connectivity index (χ3n) is 4.75. The van der Waals surface area contributed by atoms with Gasteiger partial charge in [-0.15, -0.1) is 0 Å². The van der Waals surface area contributed by atoms with Gasteiger partial charge in [-0.3, -0.25) is 0 Å². The molecule has 5 nitrogen and oxygen atoms in total. The molecule has 1 heterocycles. The van der Waals surface area contributed by atoms with Crippen LogP contribution in [0.4, 0.5) is 9.18 Å². The third kappa shape index (κ3) is 8.52. The van der Waals surface area contributed by atoms with Crippen LogP contribution in [-0.4, -0.2) is 50.3 Å². The summed E-state index contributed by atoms with van der Waals surface area (Å²) in [5.41, 5.74) is 0. The van der Waals surface area contributed by atoms with Crippen LogP contribution in [0.2, 0.25) is 0 Å². The van der Waals surface area contributed by atoms with Gasteiger partial charge in [-0.1, -0.05) is 6.92 Å². The summed E-state index contributed by atoms with van der Waals surface area (Å²) < 4.78 is 18.3. The van der Waals surface area contributed by atoms with Gasteiger partial charge in [0.15, 0.2) is 0 Å². The maximum atomic E-state index is 12.8. The number of urea groups is 1. The molecule has 1 aliphatic heterocycles. The number of nitrogens with zero attached hydrogens (tertiary/aromatic N) is 1. The molecule has 2 amide bonds. The summed E-state index contributed by atoms with van der Waals surface area (Å²) in [4.78, 5) is 14.2. The molecule has 0 saturated carbocycles. The highest BCUT2D eigenvalue weighted by Crippen LogP contribution is 2.15. The van der Waals surface area contributed by atoms with Crippen molar-refractivity contribution in [3.8, 4) is 5.75 Å². The number of hydrogen-bond donors (Lipinski definition) is 2. The SMILES string of the molecule is CC1CCN(CCCNC(=O)NCCCCOc2ccc(F)cc2)CC1. The largest absolute Gasteiger partial charge is 0.494 e. The number of amides is 2. The number of benzene rings is 1. The first-order valence-corrected chi connectivity index (χ1v) is 9.76. The Balaban J connectivity index is 1.40. The van der Waals surface area contributed by atoms with Crippen LogP contribution in [0.5, 0.6) is 5.75 Å². The van der Waals surface area contributed by atoms with Crippen LogP contribution >= 0.6 is 0 Å². The van der Waals surface area contributed by atoms with Gasteiger partial charge >= 0.3 is 6.03 Å². The molecule has 1 aromatic rings. The van der Waals surface area contributed by atoms with E-state index in [1.165, 1.54) is 38.1 Å². The summed E-state index contributed by atoms with van der Waals surface area (Å²) >= 11 is 0. The van der Waals surface area contributed by atoms with Gasteiger partial charge in [0.1, 0.15) is 11.6 Å². The van der Waals surface area contributed by atoms with E-state index in [0.717, 1.165) is 31.7 Å². The van der Waals surface area contributed by atoms with Gasteiger partial charge in [0.2, 0.25) is 0 Å². The van der Waals surface area contributed by atoms with Crippen molar-refractivity contribution in [1.29, 1.82) is 0 Å². The Labute approximate surface area is 156 Å². The van der Waals surface area contributed by atoms with Gasteiger partial charge < -0.3 is 20.3 Å². The van der Waals surface area contributed by atoms with Crippen molar-refractivity contribution in [3.63, 3.8) is 0 Å². The first-order valence-electron chi connectivity index (χ1n) is 9.76. The normalized spacial score (nSPS) is 15.6. The highest BCUT2D eigenvalue weighted by Gasteiger charge is 2.14. The Morgan fingerprint density at radius 2 is 1.77 bits per heavy atom. The quantitative estimate of drug-likeness (QED) is 0.625. The molecule has 2 rings (SSSR count).